The summed E-state index contributed by atoms with van der Waals surface area (Å²) in [7, 11) is 3.38. The van der Waals surface area contributed by atoms with Crippen LogP contribution >= 0.6 is 0 Å². The zero-order valence-corrected chi connectivity index (χ0v) is 12.3. The first-order valence-corrected chi connectivity index (χ1v) is 6.67. The molecule has 1 unspecified atom stereocenters. The number of carbonyl (C=O) groups is 1. The highest BCUT2D eigenvalue weighted by molar-refractivity contribution is 5.93. The Kier molecular flexibility index (Phi) is 4.52. The summed E-state index contributed by atoms with van der Waals surface area (Å²) >= 11 is 0. The van der Waals surface area contributed by atoms with E-state index in [1.807, 2.05) is 6.92 Å². The molecule has 1 N–H and O–H groups in total. The van der Waals surface area contributed by atoms with Crippen LogP contribution in [0.2, 0.25) is 0 Å². The maximum Gasteiger partial charge on any atom is 0.254 e. The van der Waals surface area contributed by atoms with Gasteiger partial charge < -0.3 is 10.2 Å². The van der Waals surface area contributed by atoms with Crippen LogP contribution < -0.4 is 5.32 Å². The van der Waals surface area contributed by atoms with Gasteiger partial charge in [0.05, 0.1) is 11.6 Å². The molecule has 0 bridgehead atoms. The first-order chi connectivity index (χ1) is 9.99. The zero-order chi connectivity index (χ0) is 15.4. The average Bonchev–Trinajstić information content (AvgIpc) is 2.47. The fourth-order valence-electron chi connectivity index (χ4n) is 1.99. The second kappa shape index (κ2) is 6.35. The van der Waals surface area contributed by atoms with Gasteiger partial charge in [-0.3, -0.25) is 4.79 Å². The number of halogens is 1. The van der Waals surface area contributed by atoms with E-state index in [2.05, 4.69) is 10.3 Å². The van der Waals surface area contributed by atoms with Crippen molar-refractivity contribution in [3.05, 3.63) is 59.5 Å². The smallest absolute Gasteiger partial charge is 0.254 e. The van der Waals surface area contributed by atoms with Crippen LogP contribution in [0.25, 0.3) is 0 Å². The molecule has 1 atom stereocenters. The molecule has 0 aliphatic rings. The van der Waals surface area contributed by atoms with E-state index in [1.165, 1.54) is 17.2 Å². The van der Waals surface area contributed by atoms with Crippen molar-refractivity contribution in [3.8, 4) is 0 Å². The van der Waals surface area contributed by atoms with Gasteiger partial charge in [-0.15, -0.1) is 0 Å². The van der Waals surface area contributed by atoms with E-state index >= 15 is 0 Å². The van der Waals surface area contributed by atoms with Crippen molar-refractivity contribution in [2.75, 3.05) is 19.4 Å². The molecule has 0 aliphatic carbocycles. The fourth-order valence-corrected chi connectivity index (χ4v) is 1.99. The van der Waals surface area contributed by atoms with E-state index in [-0.39, 0.29) is 17.8 Å². The number of anilines is 1. The molecule has 0 radical (unpaired) electrons. The van der Waals surface area contributed by atoms with Crippen LogP contribution in [-0.4, -0.2) is 29.9 Å². The first-order valence-electron chi connectivity index (χ1n) is 6.67. The number of hydrogen-bond acceptors (Lipinski definition) is 3. The Morgan fingerprint density at radius 2 is 1.95 bits per heavy atom. The van der Waals surface area contributed by atoms with E-state index in [0.29, 0.717) is 16.9 Å². The lowest BCUT2D eigenvalue weighted by atomic mass is 10.1. The summed E-state index contributed by atoms with van der Waals surface area (Å²) < 4.78 is 13.7. The first kappa shape index (κ1) is 15.0. The van der Waals surface area contributed by atoms with Crippen molar-refractivity contribution in [1.29, 1.82) is 0 Å². The molecule has 1 amide bonds. The maximum atomic E-state index is 13.7. The minimum absolute atomic E-state index is 0.101. The van der Waals surface area contributed by atoms with Crippen LogP contribution in [-0.2, 0) is 0 Å². The number of benzene rings is 1. The summed E-state index contributed by atoms with van der Waals surface area (Å²) in [5.41, 5.74) is 1.09. The molecular formula is C16H18FN3O. The average molecular weight is 287 g/mol. The van der Waals surface area contributed by atoms with Crippen LogP contribution in [0, 0.1) is 5.82 Å². The topological polar surface area (TPSA) is 45.2 Å². The number of nitrogens with one attached hydrogen (secondary N) is 1. The number of hydrogen-bond donors (Lipinski definition) is 1. The molecule has 0 spiro atoms. The lowest BCUT2D eigenvalue weighted by Gasteiger charge is -2.16. The van der Waals surface area contributed by atoms with Crippen molar-refractivity contribution < 1.29 is 9.18 Å². The number of pyridine rings is 1. The van der Waals surface area contributed by atoms with Crippen LogP contribution in [0.4, 0.5) is 10.2 Å². The molecule has 110 valence electrons. The maximum absolute atomic E-state index is 13.7. The van der Waals surface area contributed by atoms with Gasteiger partial charge in [-0.2, -0.15) is 0 Å². The standard InChI is InChI=1S/C16H18FN3O/c1-11(13-6-4-5-7-14(13)17)19-15-9-8-12(10-18-15)16(21)20(2)3/h4-11H,1-3H3,(H,18,19). The Bertz CT molecular complexity index is 626. The minimum Gasteiger partial charge on any atom is -0.363 e. The molecule has 5 heteroatoms. The molecule has 2 rings (SSSR count). The van der Waals surface area contributed by atoms with Gasteiger partial charge in [-0.25, -0.2) is 9.37 Å². The van der Waals surface area contributed by atoms with Gasteiger partial charge in [0, 0.05) is 25.9 Å². The quantitative estimate of drug-likeness (QED) is 0.940. The number of aromatic nitrogens is 1. The highest BCUT2D eigenvalue weighted by Crippen LogP contribution is 2.20. The Morgan fingerprint density at radius 1 is 1.24 bits per heavy atom. The summed E-state index contributed by atoms with van der Waals surface area (Å²) in [5.74, 6) is 0.245. The summed E-state index contributed by atoms with van der Waals surface area (Å²) in [6.07, 6.45) is 1.51. The molecule has 0 fully saturated rings. The van der Waals surface area contributed by atoms with E-state index < -0.39 is 0 Å². The number of amides is 1. The molecule has 0 saturated carbocycles. The molecule has 21 heavy (non-hydrogen) atoms. The molecular weight excluding hydrogens is 269 g/mol. The highest BCUT2D eigenvalue weighted by Gasteiger charge is 2.12. The number of rotatable bonds is 4. The van der Waals surface area contributed by atoms with Gasteiger partial charge in [0.1, 0.15) is 11.6 Å². The minimum atomic E-state index is -0.253. The molecule has 1 aromatic carbocycles. The Hall–Kier alpha value is -2.43. The predicted octanol–water partition coefficient (Wildman–Crippen LogP) is 3.10. The van der Waals surface area contributed by atoms with Gasteiger partial charge in [-0.1, -0.05) is 18.2 Å². The van der Waals surface area contributed by atoms with Crippen molar-refractivity contribution in [2.45, 2.75) is 13.0 Å². The second-order valence-corrected chi connectivity index (χ2v) is 5.02. The summed E-state index contributed by atoms with van der Waals surface area (Å²) in [4.78, 5) is 17.4. The monoisotopic (exact) mass is 287 g/mol. The predicted molar refractivity (Wildman–Crippen MR) is 80.7 cm³/mol. The van der Waals surface area contributed by atoms with E-state index in [4.69, 9.17) is 0 Å². The Balaban J connectivity index is 2.10. The zero-order valence-electron chi connectivity index (χ0n) is 12.3. The van der Waals surface area contributed by atoms with Gasteiger partial charge in [0.25, 0.3) is 5.91 Å². The molecule has 2 aromatic rings. The van der Waals surface area contributed by atoms with E-state index in [1.54, 1.807) is 44.4 Å². The second-order valence-electron chi connectivity index (χ2n) is 5.02. The summed E-state index contributed by atoms with van der Waals surface area (Å²) in [6, 6.07) is 9.82. The highest BCUT2D eigenvalue weighted by atomic mass is 19.1. The van der Waals surface area contributed by atoms with Crippen LogP contribution in [0.3, 0.4) is 0 Å². The van der Waals surface area contributed by atoms with E-state index in [9.17, 15) is 9.18 Å². The SMILES string of the molecule is CC(Nc1ccc(C(=O)N(C)C)cn1)c1ccccc1F. The molecule has 0 aliphatic heterocycles. The molecule has 0 saturated heterocycles. The lowest BCUT2D eigenvalue weighted by Crippen LogP contribution is -2.21. The van der Waals surface area contributed by atoms with Crippen LogP contribution in [0.1, 0.15) is 28.9 Å². The third kappa shape index (κ3) is 3.56. The van der Waals surface area contributed by atoms with Gasteiger partial charge >= 0.3 is 0 Å². The Labute approximate surface area is 123 Å². The van der Waals surface area contributed by atoms with Gasteiger partial charge in [-0.05, 0) is 25.1 Å². The molecule has 1 heterocycles. The van der Waals surface area contributed by atoms with Gasteiger partial charge in [0.2, 0.25) is 0 Å². The van der Waals surface area contributed by atoms with Crippen LogP contribution in [0.5, 0.6) is 0 Å². The largest absolute Gasteiger partial charge is 0.363 e. The Morgan fingerprint density at radius 3 is 2.52 bits per heavy atom. The van der Waals surface area contributed by atoms with Crippen LogP contribution in [0.15, 0.2) is 42.6 Å². The van der Waals surface area contributed by atoms with Crippen molar-refractivity contribution in [2.24, 2.45) is 0 Å². The molecule has 1 aromatic heterocycles. The van der Waals surface area contributed by atoms with Gasteiger partial charge in [0.15, 0.2) is 0 Å². The normalized spacial score (nSPS) is 11.8. The van der Waals surface area contributed by atoms with Crippen molar-refractivity contribution >= 4 is 11.7 Å². The van der Waals surface area contributed by atoms with Crippen molar-refractivity contribution in [1.82, 2.24) is 9.88 Å². The summed E-state index contributed by atoms with van der Waals surface area (Å²) in [5, 5.41) is 3.12. The third-order valence-electron chi connectivity index (χ3n) is 3.15. The third-order valence-corrected chi connectivity index (χ3v) is 3.15. The lowest BCUT2D eigenvalue weighted by molar-refractivity contribution is 0.0827. The number of nitrogens with zero attached hydrogens (tertiary/aromatic N) is 2. The fraction of sp³-hybridized carbons (Fsp3) is 0.250. The number of carbonyl (C=O) groups excluding carboxylic acids is 1. The summed E-state index contributed by atoms with van der Waals surface area (Å²) in [6.45, 7) is 1.86. The van der Waals surface area contributed by atoms with Crippen molar-refractivity contribution in [3.63, 3.8) is 0 Å². The molecule has 4 nitrogen and oxygen atoms in total. The van der Waals surface area contributed by atoms with E-state index in [0.717, 1.165) is 0 Å².